The Morgan fingerprint density at radius 2 is 2.24 bits per heavy atom. The van der Waals surface area contributed by atoms with Crippen LogP contribution in [0.4, 0.5) is 10.1 Å². The number of benzene rings is 1. The van der Waals surface area contributed by atoms with Crippen LogP contribution in [0.15, 0.2) is 30.6 Å². The lowest BCUT2D eigenvalue weighted by Crippen LogP contribution is -2.40. The minimum absolute atomic E-state index is 0.0903. The third-order valence-electron chi connectivity index (χ3n) is 3.67. The van der Waals surface area contributed by atoms with Crippen molar-refractivity contribution in [3.63, 3.8) is 0 Å². The zero-order valence-electron chi connectivity index (χ0n) is 13.5. The zero-order chi connectivity index (χ0) is 17.8. The monoisotopic (exact) mass is 348 g/mol. The molecule has 0 spiro atoms. The first-order valence-electron chi connectivity index (χ1n) is 7.60. The molecule has 0 bridgehead atoms. The largest absolute Gasteiger partial charge is 0.354 e. The third kappa shape index (κ3) is 4.10. The number of carbonyl (C=O) groups is 2. The predicted molar refractivity (Wildman–Crippen MR) is 84.8 cm³/mol. The number of hydrogen-bond donors (Lipinski definition) is 2. The van der Waals surface area contributed by atoms with E-state index in [2.05, 4.69) is 21.2 Å². The molecule has 1 saturated heterocycles. The number of amides is 2. The molecule has 2 amide bonds. The van der Waals surface area contributed by atoms with Crippen LogP contribution >= 0.6 is 0 Å². The summed E-state index contributed by atoms with van der Waals surface area (Å²) in [5.74, 6) is -1.85. The second-order valence-corrected chi connectivity index (χ2v) is 5.56. The van der Waals surface area contributed by atoms with E-state index in [1.165, 1.54) is 19.1 Å². The molecular weight excluding hydrogens is 331 g/mol. The highest BCUT2D eigenvalue weighted by Gasteiger charge is 2.25. The standard InChI is InChI=1S/C15H17FN6O3/c1-10(23)18-19-15(24)13-3-2-11(6-14(13)16)21-7-12(25-9-21)8-22-5-4-17-20-22/h2-6,12H,7-9H2,1H3,(H,18,23)(H,19,24)/t12-/m1/s1. The van der Waals surface area contributed by atoms with Gasteiger partial charge in [-0.05, 0) is 18.2 Å². The summed E-state index contributed by atoms with van der Waals surface area (Å²) in [6.45, 7) is 2.67. The molecule has 1 aromatic carbocycles. The molecular formula is C15H17FN6O3. The van der Waals surface area contributed by atoms with Gasteiger partial charge in [-0.3, -0.25) is 20.4 Å². The van der Waals surface area contributed by atoms with Gasteiger partial charge >= 0.3 is 0 Å². The molecule has 0 saturated carbocycles. The molecule has 2 aromatic rings. The molecule has 1 fully saturated rings. The number of rotatable bonds is 4. The van der Waals surface area contributed by atoms with Gasteiger partial charge in [0, 0.05) is 25.4 Å². The van der Waals surface area contributed by atoms with Crippen LogP contribution in [0.2, 0.25) is 0 Å². The summed E-state index contributed by atoms with van der Waals surface area (Å²) in [5.41, 5.74) is 4.70. The van der Waals surface area contributed by atoms with Gasteiger partial charge in [-0.2, -0.15) is 0 Å². The average Bonchev–Trinajstić information content (AvgIpc) is 3.25. The summed E-state index contributed by atoms with van der Waals surface area (Å²) in [7, 11) is 0. The van der Waals surface area contributed by atoms with Crippen molar-refractivity contribution in [2.24, 2.45) is 0 Å². The van der Waals surface area contributed by atoms with Crippen LogP contribution in [0.1, 0.15) is 17.3 Å². The molecule has 2 heterocycles. The Kier molecular flexibility index (Phi) is 4.89. The number of ether oxygens (including phenoxy) is 1. The maximum atomic E-state index is 14.2. The minimum Gasteiger partial charge on any atom is -0.354 e. The van der Waals surface area contributed by atoms with Crippen molar-refractivity contribution < 1.29 is 18.7 Å². The summed E-state index contributed by atoms with van der Waals surface area (Å²) in [6.07, 6.45) is 3.24. The van der Waals surface area contributed by atoms with Crippen LogP contribution in [0, 0.1) is 5.82 Å². The molecule has 0 unspecified atom stereocenters. The van der Waals surface area contributed by atoms with Gasteiger partial charge < -0.3 is 9.64 Å². The maximum Gasteiger partial charge on any atom is 0.272 e. The van der Waals surface area contributed by atoms with E-state index in [4.69, 9.17) is 4.74 Å². The van der Waals surface area contributed by atoms with Crippen LogP contribution in [0.3, 0.4) is 0 Å². The Hall–Kier alpha value is -3.01. The van der Waals surface area contributed by atoms with E-state index in [0.29, 0.717) is 25.5 Å². The maximum absolute atomic E-state index is 14.2. The van der Waals surface area contributed by atoms with Crippen molar-refractivity contribution in [2.45, 2.75) is 19.6 Å². The van der Waals surface area contributed by atoms with E-state index in [1.807, 2.05) is 4.90 Å². The molecule has 1 aromatic heterocycles. The number of nitrogens with zero attached hydrogens (tertiary/aromatic N) is 4. The number of hydrogen-bond acceptors (Lipinski definition) is 6. The van der Waals surface area contributed by atoms with Crippen LogP contribution in [0.5, 0.6) is 0 Å². The van der Waals surface area contributed by atoms with E-state index >= 15 is 0 Å². The van der Waals surface area contributed by atoms with Gasteiger partial charge in [0.25, 0.3) is 5.91 Å². The molecule has 132 valence electrons. The molecule has 1 aliphatic rings. The van der Waals surface area contributed by atoms with Crippen LogP contribution in [0.25, 0.3) is 0 Å². The molecule has 9 nitrogen and oxygen atoms in total. The fourth-order valence-corrected chi connectivity index (χ4v) is 2.47. The Balaban J connectivity index is 1.63. The van der Waals surface area contributed by atoms with Gasteiger partial charge in [0.05, 0.1) is 24.4 Å². The molecule has 3 rings (SSSR count). The van der Waals surface area contributed by atoms with E-state index in [-0.39, 0.29) is 11.7 Å². The van der Waals surface area contributed by atoms with Crippen LogP contribution < -0.4 is 15.8 Å². The lowest BCUT2D eigenvalue weighted by molar-refractivity contribution is -0.119. The van der Waals surface area contributed by atoms with Gasteiger partial charge in [0.2, 0.25) is 5.91 Å². The van der Waals surface area contributed by atoms with Gasteiger partial charge in [0.15, 0.2) is 0 Å². The smallest absolute Gasteiger partial charge is 0.272 e. The molecule has 1 aliphatic heterocycles. The van der Waals surface area contributed by atoms with Crippen molar-refractivity contribution in [3.8, 4) is 0 Å². The number of carbonyl (C=O) groups excluding carboxylic acids is 2. The van der Waals surface area contributed by atoms with Crippen molar-refractivity contribution in [1.82, 2.24) is 25.8 Å². The molecule has 2 N–H and O–H groups in total. The summed E-state index contributed by atoms with van der Waals surface area (Å²) >= 11 is 0. The van der Waals surface area contributed by atoms with E-state index in [9.17, 15) is 14.0 Å². The van der Waals surface area contributed by atoms with Crippen molar-refractivity contribution in [2.75, 3.05) is 18.2 Å². The molecule has 25 heavy (non-hydrogen) atoms. The zero-order valence-corrected chi connectivity index (χ0v) is 13.5. The number of nitrogens with one attached hydrogen (secondary N) is 2. The number of aromatic nitrogens is 3. The first-order valence-corrected chi connectivity index (χ1v) is 7.60. The van der Waals surface area contributed by atoms with E-state index < -0.39 is 17.6 Å². The number of anilines is 1. The predicted octanol–water partition coefficient (Wildman–Crippen LogP) is 0.0610. The van der Waals surface area contributed by atoms with Gasteiger partial charge in [0.1, 0.15) is 12.5 Å². The van der Waals surface area contributed by atoms with Gasteiger partial charge in [-0.15, -0.1) is 5.10 Å². The lowest BCUT2D eigenvalue weighted by atomic mass is 10.1. The second kappa shape index (κ2) is 7.26. The first kappa shape index (κ1) is 16.8. The Morgan fingerprint density at radius 3 is 2.92 bits per heavy atom. The fourth-order valence-electron chi connectivity index (χ4n) is 2.47. The SMILES string of the molecule is CC(=O)NNC(=O)c1ccc(N2CO[C@@H](Cn3ccnn3)C2)cc1F. The molecule has 10 heteroatoms. The number of hydrazine groups is 1. The quantitative estimate of drug-likeness (QED) is 0.758. The third-order valence-corrected chi connectivity index (χ3v) is 3.67. The van der Waals surface area contributed by atoms with Gasteiger partial charge in [-0.25, -0.2) is 9.07 Å². The van der Waals surface area contributed by atoms with Crippen molar-refractivity contribution in [1.29, 1.82) is 0 Å². The highest BCUT2D eigenvalue weighted by molar-refractivity contribution is 5.95. The fraction of sp³-hybridized carbons (Fsp3) is 0.333. The topological polar surface area (TPSA) is 101 Å². The Labute approximate surface area is 142 Å². The van der Waals surface area contributed by atoms with E-state index in [1.54, 1.807) is 23.1 Å². The Bertz CT molecular complexity index is 767. The van der Waals surface area contributed by atoms with Crippen molar-refractivity contribution in [3.05, 3.63) is 42.0 Å². The molecule has 1 atom stereocenters. The lowest BCUT2D eigenvalue weighted by Gasteiger charge is -2.17. The van der Waals surface area contributed by atoms with Crippen molar-refractivity contribution >= 4 is 17.5 Å². The highest BCUT2D eigenvalue weighted by atomic mass is 19.1. The molecule has 0 radical (unpaired) electrons. The normalized spacial score (nSPS) is 16.7. The summed E-state index contributed by atoms with van der Waals surface area (Å²) in [6, 6.07) is 4.27. The minimum atomic E-state index is -0.721. The second-order valence-electron chi connectivity index (χ2n) is 5.56. The molecule has 0 aliphatic carbocycles. The number of halogens is 1. The summed E-state index contributed by atoms with van der Waals surface area (Å²) < 4.78 is 21.6. The summed E-state index contributed by atoms with van der Waals surface area (Å²) in [4.78, 5) is 24.5. The van der Waals surface area contributed by atoms with Crippen LogP contribution in [-0.4, -0.2) is 46.2 Å². The highest BCUT2D eigenvalue weighted by Crippen LogP contribution is 2.23. The average molecular weight is 348 g/mol. The van der Waals surface area contributed by atoms with Crippen LogP contribution in [-0.2, 0) is 16.1 Å². The van der Waals surface area contributed by atoms with Gasteiger partial charge in [-0.1, -0.05) is 5.21 Å². The first-order chi connectivity index (χ1) is 12.0. The van der Waals surface area contributed by atoms with E-state index in [0.717, 1.165) is 0 Å². The summed E-state index contributed by atoms with van der Waals surface area (Å²) in [5, 5.41) is 7.62. The Morgan fingerprint density at radius 1 is 1.40 bits per heavy atom.